The molecule has 1 N–H and O–H groups in total. The molecular formula is C21H35N3O3. The van der Waals surface area contributed by atoms with Gasteiger partial charge in [0.05, 0.1) is 6.61 Å². The number of nitrogens with one attached hydrogen (secondary N) is 1. The van der Waals surface area contributed by atoms with E-state index in [4.69, 9.17) is 4.74 Å². The molecule has 0 radical (unpaired) electrons. The molecule has 1 aromatic carbocycles. The Morgan fingerprint density at radius 3 is 2.37 bits per heavy atom. The fourth-order valence-corrected chi connectivity index (χ4v) is 2.74. The standard InChI is InChI=1S/C21H35N3O3/c1-8-19(25)22-17-9-10-18(23(5)6)16(13-17)15-24(11-12-27-7)20(26)14-21(2,3)4/h9-10,13H,8,11-12,14-15H2,1-7H3,(H,22,25). The molecule has 0 heterocycles. The first kappa shape index (κ1) is 23.0. The third kappa shape index (κ3) is 7.99. The van der Waals surface area contributed by atoms with Crippen molar-refractivity contribution in [1.29, 1.82) is 0 Å². The Kier molecular flexibility index (Phi) is 8.76. The van der Waals surface area contributed by atoms with Crippen LogP contribution >= 0.6 is 0 Å². The van der Waals surface area contributed by atoms with Crippen LogP contribution in [0.3, 0.4) is 0 Å². The molecule has 0 saturated heterocycles. The van der Waals surface area contributed by atoms with Crippen LogP contribution in [0.2, 0.25) is 0 Å². The lowest BCUT2D eigenvalue weighted by molar-refractivity contribution is -0.134. The van der Waals surface area contributed by atoms with Crippen LogP contribution in [-0.2, 0) is 20.9 Å². The van der Waals surface area contributed by atoms with Crippen molar-refractivity contribution in [3.63, 3.8) is 0 Å². The van der Waals surface area contributed by atoms with Gasteiger partial charge in [-0.25, -0.2) is 0 Å². The summed E-state index contributed by atoms with van der Waals surface area (Å²) in [6.07, 6.45) is 0.898. The normalized spacial score (nSPS) is 11.2. The average Bonchev–Trinajstić information content (AvgIpc) is 2.56. The van der Waals surface area contributed by atoms with Gasteiger partial charge in [-0.1, -0.05) is 27.7 Å². The van der Waals surface area contributed by atoms with E-state index in [1.807, 2.05) is 49.0 Å². The van der Waals surface area contributed by atoms with Crippen LogP contribution in [0.4, 0.5) is 11.4 Å². The Hall–Kier alpha value is -2.08. The number of nitrogens with zero attached hydrogens (tertiary/aromatic N) is 2. The van der Waals surface area contributed by atoms with Gasteiger partial charge in [-0.05, 0) is 29.2 Å². The first-order chi connectivity index (χ1) is 12.6. The van der Waals surface area contributed by atoms with Crippen molar-refractivity contribution >= 4 is 23.2 Å². The highest BCUT2D eigenvalue weighted by molar-refractivity contribution is 5.91. The van der Waals surface area contributed by atoms with Crippen molar-refractivity contribution in [2.75, 3.05) is 44.6 Å². The van der Waals surface area contributed by atoms with Crippen molar-refractivity contribution in [2.45, 2.75) is 47.1 Å². The first-order valence-electron chi connectivity index (χ1n) is 9.44. The Bertz CT molecular complexity index is 636. The summed E-state index contributed by atoms with van der Waals surface area (Å²) in [6.45, 7) is 9.50. The van der Waals surface area contributed by atoms with Gasteiger partial charge in [0.2, 0.25) is 11.8 Å². The van der Waals surface area contributed by atoms with Crippen LogP contribution in [0.15, 0.2) is 18.2 Å². The number of carbonyl (C=O) groups is 2. The average molecular weight is 378 g/mol. The Morgan fingerprint density at radius 2 is 1.85 bits per heavy atom. The number of rotatable bonds is 9. The maximum atomic E-state index is 12.8. The quantitative estimate of drug-likeness (QED) is 0.715. The predicted molar refractivity (Wildman–Crippen MR) is 111 cm³/mol. The van der Waals surface area contributed by atoms with E-state index in [9.17, 15) is 9.59 Å². The third-order valence-corrected chi connectivity index (χ3v) is 4.13. The maximum absolute atomic E-state index is 12.8. The third-order valence-electron chi connectivity index (χ3n) is 4.13. The van der Waals surface area contributed by atoms with Crippen LogP contribution in [0, 0.1) is 5.41 Å². The molecule has 0 atom stereocenters. The molecule has 6 heteroatoms. The van der Waals surface area contributed by atoms with Crippen molar-refractivity contribution in [2.24, 2.45) is 5.41 Å². The second-order valence-corrected chi connectivity index (χ2v) is 8.19. The number of hydrogen-bond acceptors (Lipinski definition) is 4. The second kappa shape index (κ2) is 10.3. The zero-order valence-corrected chi connectivity index (χ0v) is 17.9. The summed E-state index contributed by atoms with van der Waals surface area (Å²) < 4.78 is 5.20. The fourth-order valence-electron chi connectivity index (χ4n) is 2.74. The van der Waals surface area contributed by atoms with Gasteiger partial charge in [0.1, 0.15) is 0 Å². The number of methoxy groups -OCH3 is 1. The van der Waals surface area contributed by atoms with Crippen LogP contribution in [0.25, 0.3) is 0 Å². The van der Waals surface area contributed by atoms with E-state index in [1.165, 1.54) is 0 Å². The van der Waals surface area contributed by atoms with Gasteiger partial charge in [0, 0.05) is 58.5 Å². The first-order valence-corrected chi connectivity index (χ1v) is 9.44. The number of ether oxygens (including phenoxy) is 1. The summed E-state index contributed by atoms with van der Waals surface area (Å²) in [5.41, 5.74) is 2.68. The molecular weight excluding hydrogens is 342 g/mol. The van der Waals surface area contributed by atoms with Crippen LogP contribution in [0.1, 0.15) is 46.1 Å². The molecule has 0 fully saturated rings. The van der Waals surface area contributed by atoms with Gasteiger partial charge in [-0.2, -0.15) is 0 Å². The molecule has 0 spiro atoms. The summed E-state index contributed by atoms with van der Waals surface area (Å²) in [6, 6.07) is 5.82. The van der Waals surface area contributed by atoms with Gasteiger partial charge in [-0.15, -0.1) is 0 Å². The minimum Gasteiger partial charge on any atom is -0.383 e. The van der Waals surface area contributed by atoms with E-state index in [0.29, 0.717) is 32.5 Å². The smallest absolute Gasteiger partial charge is 0.224 e. The molecule has 0 saturated carbocycles. The van der Waals surface area contributed by atoms with Crippen molar-refractivity contribution in [3.05, 3.63) is 23.8 Å². The molecule has 1 aromatic rings. The van der Waals surface area contributed by atoms with Crippen molar-refractivity contribution in [1.82, 2.24) is 4.90 Å². The SMILES string of the molecule is CCC(=O)Nc1ccc(N(C)C)c(CN(CCOC)C(=O)CC(C)(C)C)c1. The maximum Gasteiger partial charge on any atom is 0.224 e. The zero-order valence-electron chi connectivity index (χ0n) is 17.9. The summed E-state index contributed by atoms with van der Waals surface area (Å²) >= 11 is 0. The van der Waals surface area contributed by atoms with E-state index >= 15 is 0 Å². The summed E-state index contributed by atoms with van der Waals surface area (Å²) in [5.74, 6) is 0.0749. The van der Waals surface area contributed by atoms with E-state index in [-0.39, 0.29) is 17.2 Å². The molecule has 2 amide bonds. The predicted octanol–water partition coefficient (Wildman–Crippen LogP) is 3.51. The number of amides is 2. The second-order valence-electron chi connectivity index (χ2n) is 8.19. The van der Waals surface area contributed by atoms with E-state index < -0.39 is 0 Å². The van der Waals surface area contributed by atoms with Gasteiger partial charge < -0.3 is 19.9 Å². The highest BCUT2D eigenvalue weighted by Crippen LogP contribution is 2.26. The molecule has 1 rings (SSSR count). The monoisotopic (exact) mass is 377 g/mol. The highest BCUT2D eigenvalue weighted by Gasteiger charge is 2.22. The van der Waals surface area contributed by atoms with Gasteiger partial charge in [0.15, 0.2) is 0 Å². The molecule has 0 unspecified atom stereocenters. The van der Waals surface area contributed by atoms with E-state index in [1.54, 1.807) is 7.11 Å². The minimum absolute atomic E-state index is 0.0291. The Morgan fingerprint density at radius 1 is 1.19 bits per heavy atom. The summed E-state index contributed by atoms with van der Waals surface area (Å²) in [7, 11) is 5.58. The molecule has 0 aliphatic carbocycles. The molecule has 6 nitrogen and oxygen atoms in total. The molecule has 0 bridgehead atoms. The molecule has 0 aliphatic heterocycles. The fraction of sp³-hybridized carbons (Fsp3) is 0.619. The van der Waals surface area contributed by atoms with Crippen LogP contribution in [0.5, 0.6) is 0 Å². The Balaban J connectivity index is 3.14. The van der Waals surface area contributed by atoms with Gasteiger partial charge in [-0.3, -0.25) is 9.59 Å². The van der Waals surface area contributed by atoms with Gasteiger partial charge in [0.25, 0.3) is 0 Å². The lowest BCUT2D eigenvalue weighted by atomic mass is 9.91. The van der Waals surface area contributed by atoms with Gasteiger partial charge >= 0.3 is 0 Å². The number of anilines is 2. The molecule has 0 aromatic heterocycles. The molecule has 27 heavy (non-hydrogen) atoms. The highest BCUT2D eigenvalue weighted by atomic mass is 16.5. The number of carbonyl (C=O) groups excluding carboxylic acids is 2. The number of benzene rings is 1. The molecule has 0 aliphatic rings. The Labute approximate surface area is 163 Å². The van der Waals surface area contributed by atoms with E-state index in [0.717, 1.165) is 16.9 Å². The van der Waals surface area contributed by atoms with Crippen LogP contribution < -0.4 is 10.2 Å². The lowest BCUT2D eigenvalue weighted by Crippen LogP contribution is -2.36. The van der Waals surface area contributed by atoms with Crippen molar-refractivity contribution < 1.29 is 14.3 Å². The largest absolute Gasteiger partial charge is 0.383 e. The number of hydrogen-bond donors (Lipinski definition) is 1. The lowest BCUT2D eigenvalue weighted by Gasteiger charge is -2.28. The zero-order chi connectivity index (χ0) is 20.6. The molecule has 152 valence electrons. The summed E-state index contributed by atoms with van der Waals surface area (Å²) in [4.78, 5) is 28.4. The topological polar surface area (TPSA) is 61.9 Å². The van der Waals surface area contributed by atoms with E-state index in [2.05, 4.69) is 26.1 Å². The van der Waals surface area contributed by atoms with Crippen molar-refractivity contribution in [3.8, 4) is 0 Å². The minimum atomic E-state index is -0.0796. The summed E-state index contributed by atoms with van der Waals surface area (Å²) in [5, 5.41) is 2.90. The van der Waals surface area contributed by atoms with Crippen LogP contribution in [-0.4, -0.2) is 51.1 Å².